The lowest BCUT2D eigenvalue weighted by Crippen LogP contribution is -2.40. The number of benzene rings is 2. The summed E-state index contributed by atoms with van der Waals surface area (Å²) in [7, 11) is 0.749. The van der Waals surface area contributed by atoms with E-state index in [0.29, 0.717) is 12.3 Å². The molecule has 0 aliphatic rings. The number of nitrogens with zero attached hydrogens (tertiary/aromatic N) is 1. The molecule has 6 heteroatoms. The van der Waals surface area contributed by atoms with E-state index in [2.05, 4.69) is 51.9 Å². The highest BCUT2D eigenvalue weighted by atomic mass is 32.2. The molecule has 1 unspecified atom stereocenters. The van der Waals surface area contributed by atoms with E-state index >= 15 is 0 Å². The molecule has 1 atom stereocenters. The largest absolute Gasteiger partial charge is 0.361 e. The number of nitrogens with one attached hydrogen (secondary N) is 3. The first kappa shape index (κ1) is 19.2. The molecular weight excluding hydrogens is 356 g/mol. The second-order valence-electron chi connectivity index (χ2n) is 6.35. The second kappa shape index (κ2) is 9.37. The van der Waals surface area contributed by atoms with Gasteiger partial charge in [-0.1, -0.05) is 36.4 Å². The van der Waals surface area contributed by atoms with Crippen LogP contribution in [0.2, 0.25) is 0 Å². The summed E-state index contributed by atoms with van der Waals surface area (Å²) in [5.41, 5.74) is 3.76. The van der Waals surface area contributed by atoms with Crippen molar-refractivity contribution < 1.29 is 4.21 Å². The minimum atomic E-state index is -0.999. The summed E-state index contributed by atoms with van der Waals surface area (Å²) in [6, 6.07) is 15.9. The quantitative estimate of drug-likeness (QED) is 0.435. The van der Waals surface area contributed by atoms with Crippen LogP contribution in [0.15, 0.2) is 64.6 Å². The molecule has 0 amide bonds. The molecule has 1 heterocycles. The topological polar surface area (TPSA) is 69.3 Å². The van der Waals surface area contributed by atoms with Crippen LogP contribution in [0.4, 0.5) is 0 Å². The van der Waals surface area contributed by atoms with E-state index in [1.54, 1.807) is 7.05 Å². The minimum absolute atomic E-state index is 0.548. The summed E-state index contributed by atoms with van der Waals surface area (Å²) in [6.07, 6.45) is 2.98. The highest BCUT2D eigenvalue weighted by molar-refractivity contribution is 7.85. The van der Waals surface area contributed by atoms with Gasteiger partial charge in [-0.2, -0.15) is 0 Å². The van der Waals surface area contributed by atoms with Crippen LogP contribution in [0.1, 0.15) is 11.1 Å². The normalized spacial score (nSPS) is 12.9. The van der Waals surface area contributed by atoms with Crippen molar-refractivity contribution in [3.05, 3.63) is 65.9 Å². The molecule has 0 aliphatic carbocycles. The minimum Gasteiger partial charge on any atom is -0.361 e. The number of rotatable bonds is 7. The van der Waals surface area contributed by atoms with Crippen LogP contribution < -0.4 is 10.6 Å². The molecule has 0 aliphatic heterocycles. The van der Waals surface area contributed by atoms with Crippen LogP contribution in [-0.4, -0.2) is 41.0 Å². The van der Waals surface area contributed by atoms with Crippen molar-refractivity contribution in [3.8, 4) is 0 Å². The molecule has 3 aromatic rings. The number of hydrogen-bond acceptors (Lipinski definition) is 2. The third kappa shape index (κ3) is 4.98. The van der Waals surface area contributed by atoms with Gasteiger partial charge in [-0.3, -0.25) is 9.20 Å². The van der Waals surface area contributed by atoms with Crippen molar-refractivity contribution >= 4 is 27.7 Å². The molecule has 0 spiro atoms. The van der Waals surface area contributed by atoms with Crippen molar-refractivity contribution in [1.82, 2.24) is 15.6 Å². The number of aryl methyl sites for hydroxylation is 1. The fraction of sp³-hybridized carbons (Fsp3) is 0.286. The van der Waals surface area contributed by atoms with E-state index in [9.17, 15) is 4.21 Å². The van der Waals surface area contributed by atoms with Crippen LogP contribution in [0, 0.1) is 6.92 Å². The first-order valence-corrected chi connectivity index (χ1v) is 10.4. The molecule has 2 aromatic carbocycles. The SMILES string of the molecule is CN=C(NCCc1c[nH]c2c(C)cccc12)NCCS(=O)c1ccccc1. The van der Waals surface area contributed by atoms with Gasteiger partial charge in [-0.15, -0.1) is 0 Å². The summed E-state index contributed by atoms with van der Waals surface area (Å²) in [6.45, 7) is 3.50. The molecule has 1 aromatic heterocycles. The van der Waals surface area contributed by atoms with E-state index in [1.165, 1.54) is 22.0 Å². The number of hydrogen-bond donors (Lipinski definition) is 3. The molecule has 3 N–H and O–H groups in total. The molecule has 27 heavy (non-hydrogen) atoms. The lowest BCUT2D eigenvalue weighted by Gasteiger charge is -2.11. The van der Waals surface area contributed by atoms with Gasteiger partial charge in [0.2, 0.25) is 0 Å². The molecular formula is C21H26N4OS. The maximum atomic E-state index is 12.2. The third-order valence-electron chi connectivity index (χ3n) is 4.51. The van der Waals surface area contributed by atoms with Crippen LogP contribution in [0.25, 0.3) is 10.9 Å². The average Bonchev–Trinajstić information content (AvgIpc) is 3.12. The average molecular weight is 383 g/mol. The predicted molar refractivity (Wildman–Crippen MR) is 114 cm³/mol. The Morgan fingerprint density at radius 2 is 1.85 bits per heavy atom. The fourth-order valence-electron chi connectivity index (χ4n) is 3.06. The van der Waals surface area contributed by atoms with Crippen molar-refractivity contribution in [2.75, 3.05) is 25.9 Å². The maximum absolute atomic E-state index is 12.2. The van der Waals surface area contributed by atoms with E-state index in [4.69, 9.17) is 0 Å². The molecule has 0 saturated carbocycles. The lowest BCUT2D eigenvalue weighted by molar-refractivity contribution is 0.681. The van der Waals surface area contributed by atoms with E-state index in [1.807, 2.05) is 30.3 Å². The third-order valence-corrected chi connectivity index (χ3v) is 5.88. The molecule has 0 saturated heterocycles. The molecule has 5 nitrogen and oxygen atoms in total. The summed E-state index contributed by atoms with van der Waals surface area (Å²) in [5, 5.41) is 7.84. The van der Waals surface area contributed by atoms with Gasteiger partial charge in [0, 0.05) is 47.9 Å². The molecule has 0 fully saturated rings. The van der Waals surface area contributed by atoms with Crippen molar-refractivity contribution in [3.63, 3.8) is 0 Å². The number of guanidine groups is 1. The number of H-pyrrole nitrogens is 1. The highest BCUT2D eigenvalue weighted by Gasteiger charge is 2.06. The fourth-order valence-corrected chi connectivity index (χ4v) is 4.04. The zero-order valence-corrected chi connectivity index (χ0v) is 16.6. The van der Waals surface area contributed by atoms with Crippen LogP contribution >= 0.6 is 0 Å². The Labute approximate surface area is 162 Å². The number of fused-ring (bicyclic) bond motifs is 1. The van der Waals surface area contributed by atoms with Crippen LogP contribution in [-0.2, 0) is 17.2 Å². The van der Waals surface area contributed by atoms with E-state index < -0.39 is 10.8 Å². The second-order valence-corrected chi connectivity index (χ2v) is 7.92. The van der Waals surface area contributed by atoms with Gasteiger partial charge in [-0.25, -0.2) is 0 Å². The number of aliphatic imine (C=N–C) groups is 1. The lowest BCUT2D eigenvalue weighted by atomic mass is 10.1. The molecule has 142 valence electrons. The summed E-state index contributed by atoms with van der Waals surface area (Å²) >= 11 is 0. The van der Waals surface area contributed by atoms with Crippen molar-refractivity contribution in [2.45, 2.75) is 18.2 Å². The van der Waals surface area contributed by atoms with E-state index in [0.717, 1.165) is 23.8 Å². The number of aromatic amines is 1. The highest BCUT2D eigenvalue weighted by Crippen LogP contribution is 2.21. The molecule has 3 rings (SSSR count). The van der Waals surface area contributed by atoms with Gasteiger partial charge >= 0.3 is 0 Å². The van der Waals surface area contributed by atoms with Gasteiger partial charge in [0.05, 0.1) is 10.8 Å². The van der Waals surface area contributed by atoms with Crippen LogP contribution in [0.5, 0.6) is 0 Å². The smallest absolute Gasteiger partial charge is 0.191 e. The van der Waals surface area contributed by atoms with Crippen LogP contribution in [0.3, 0.4) is 0 Å². The first-order chi connectivity index (χ1) is 13.2. The zero-order chi connectivity index (χ0) is 19.1. The van der Waals surface area contributed by atoms with E-state index in [-0.39, 0.29) is 0 Å². The Hall–Kier alpha value is -2.60. The standard InChI is InChI=1S/C21H26N4OS/c1-16-7-6-10-19-17(15-25-20(16)19)11-12-23-21(22-2)24-13-14-27(26)18-8-4-3-5-9-18/h3-10,15,25H,11-14H2,1-2H3,(H2,22,23,24). The Morgan fingerprint density at radius 3 is 2.63 bits per heavy atom. The van der Waals surface area contributed by atoms with Gasteiger partial charge in [0.15, 0.2) is 5.96 Å². The van der Waals surface area contributed by atoms with Crippen molar-refractivity contribution in [1.29, 1.82) is 0 Å². The Kier molecular flexibility index (Phi) is 6.65. The Morgan fingerprint density at radius 1 is 1.07 bits per heavy atom. The number of para-hydroxylation sites is 1. The van der Waals surface area contributed by atoms with Gasteiger partial charge in [-0.05, 0) is 36.6 Å². The first-order valence-electron chi connectivity index (χ1n) is 9.12. The summed E-state index contributed by atoms with van der Waals surface area (Å²) < 4.78 is 12.2. The maximum Gasteiger partial charge on any atom is 0.191 e. The zero-order valence-electron chi connectivity index (χ0n) is 15.8. The summed E-state index contributed by atoms with van der Waals surface area (Å²) in [5.74, 6) is 1.28. The number of aromatic nitrogens is 1. The molecule has 0 radical (unpaired) electrons. The summed E-state index contributed by atoms with van der Waals surface area (Å²) in [4.78, 5) is 8.46. The Bertz CT molecular complexity index is 934. The molecule has 0 bridgehead atoms. The van der Waals surface area contributed by atoms with Gasteiger partial charge in [0.1, 0.15) is 0 Å². The van der Waals surface area contributed by atoms with Crippen molar-refractivity contribution in [2.24, 2.45) is 4.99 Å². The van der Waals surface area contributed by atoms with Gasteiger partial charge < -0.3 is 15.6 Å². The monoisotopic (exact) mass is 382 g/mol. The van der Waals surface area contributed by atoms with Gasteiger partial charge in [0.25, 0.3) is 0 Å². The predicted octanol–water partition coefficient (Wildman–Crippen LogP) is 2.99. The Balaban J connectivity index is 1.45.